The molecule has 0 spiro atoms. The number of carbonyl (C=O) groups is 2. The Labute approximate surface area is 163 Å². The second-order valence-electron chi connectivity index (χ2n) is 7.56. The van der Waals surface area contributed by atoms with Gasteiger partial charge in [0.1, 0.15) is 6.04 Å². The van der Waals surface area contributed by atoms with Gasteiger partial charge in [-0.3, -0.25) is 14.5 Å². The lowest BCUT2D eigenvalue weighted by Gasteiger charge is -2.27. The van der Waals surface area contributed by atoms with E-state index in [1.807, 2.05) is 0 Å². The average Bonchev–Trinajstić information content (AvgIpc) is 3.42. The topological polar surface area (TPSA) is 81.7 Å². The largest absolute Gasteiger partial charge is 0.353 e. The molecule has 3 aliphatic rings. The van der Waals surface area contributed by atoms with E-state index in [9.17, 15) is 9.59 Å². The van der Waals surface area contributed by atoms with Gasteiger partial charge in [0.2, 0.25) is 22.1 Å². The Kier molecular flexibility index (Phi) is 5.87. The molecule has 3 fully saturated rings. The van der Waals surface area contributed by atoms with E-state index in [2.05, 4.69) is 25.3 Å². The van der Waals surface area contributed by atoms with E-state index in [1.54, 1.807) is 4.90 Å². The minimum atomic E-state index is -0.179. The molecule has 0 bridgehead atoms. The molecule has 3 saturated heterocycles. The normalized spacial score (nSPS) is 24.0. The molecule has 1 N–H and O–H groups in total. The number of amides is 2. The van der Waals surface area contributed by atoms with Crippen LogP contribution in [0.15, 0.2) is 0 Å². The van der Waals surface area contributed by atoms with Crippen LogP contribution >= 0.6 is 11.3 Å². The van der Waals surface area contributed by atoms with Crippen molar-refractivity contribution in [1.29, 1.82) is 0 Å². The van der Waals surface area contributed by atoms with Crippen LogP contribution in [0.4, 0.5) is 10.3 Å². The molecular formula is C18H28N6O2S. The number of hydrogen-bond donors (Lipinski definition) is 1. The summed E-state index contributed by atoms with van der Waals surface area (Å²) in [5, 5.41) is 13.0. The second kappa shape index (κ2) is 8.52. The summed E-state index contributed by atoms with van der Waals surface area (Å²) < 4.78 is 0. The summed E-state index contributed by atoms with van der Waals surface area (Å²) in [4.78, 5) is 30.8. The highest BCUT2D eigenvalue weighted by atomic mass is 32.1. The van der Waals surface area contributed by atoms with Gasteiger partial charge in [-0.1, -0.05) is 17.8 Å². The van der Waals surface area contributed by atoms with Gasteiger partial charge in [-0.05, 0) is 45.2 Å². The number of carbonyl (C=O) groups excluding carboxylic acids is 2. The molecule has 0 saturated carbocycles. The standard InChI is InChI=1S/C18H28N6O2S/c25-15-7-5-12-24(15)18-21-20-17(27-18)23-11-4-6-14(23)16(26)19-8-13-22-9-2-1-3-10-22/h14H,1-13H2,(H,19,26)/t14-/m0/s1. The van der Waals surface area contributed by atoms with Crippen LogP contribution in [0.1, 0.15) is 44.9 Å². The minimum absolute atomic E-state index is 0.0820. The van der Waals surface area contributed by atoms with Crippen LogP contribution in [0, 0.1) is 0 Å². The third-order valence-corrected chi connectivity index (χ3v) is 6.67. The Morgan fingerprint density at radius 2 is 1.85 bits per heavy atom. The summed E-state index contributed by atoms with van der Waals surface area (Å²) in [7, 11) is 0. The lowest BCUT2D eigenvalue weighted by atomic mass is 10.1. The zero-order chi connectivity index (χ0) is 18.6. The molecule has 0 aromatic carbocycles. The molecule has 1 aromatic heterocycles. The van der Waals surface area contributed by atoms with Gasteiger partial charge in [-0.2, -0.15) is 0 Å². The van der Waals surface area contributed by atoms with Crippen molar-refractivity contribution in [1.82, 2.24) is 20.4 Å². The summed E-state index contributed by atoms with van der Waals surface area (Å²) in [5.41, 5.74) is 0. The maximum Gasteiger partial charge on any atom is 0.242 e. The molecule has 2 amide bonds. The van der Waals surface area contributed by atoms with E-state index >= 15 is 0 Å². The molecule has 9 heteroatoms. The minimum Gasteiger partial charge on any atom is -0.353 e. The van der Waals surface area contributed by atoms with Crippen LogP contribution in [0.25, 0.3) is 0 Å². The van der Waals surface area contributed by atoms with Gasteiger partial charge in [0.15, 0.2) is 0 Å². The first-order chi connectivity index (χ1) is 13.2. The Morgan fingerprint density at radius 3 is 2.63 bits per heavy atom. The zero-order valence-corrected chi connectivity index (χ0v) is 16.5. The maximum absolute atomic E-state index is 12.7. The fourth-order valence-corrected chi connectivity index (χ4v) is 5.16. The Morgan fingerprint density at radius 1 is 1.04 bits per heavy atom. The fourth-order valence-electron chi connectivity index (χ4n) is 4.19. The van der Waals surface area contributed by atoms with Crippen LogP contribution in [0.3, 0.4) is 0 Å². The van der Waals surface area contributed by atoms with Crippen molar-refractivity contribution in [3.63, 3.8) is 0 Å². The van der Waals surface area contributed by atoms with Crippen molar-refractivity contribution < 1.29 is 9.59 Å². The van der Waals surface area contributed by atoms with Gasteiger partial charge >= 0.3 is 0 Å². The number of nitrogens with zero attached hydrogens (tertiary/aromatic N) is 5. The second-order valence-corrected chi connectivity index (χ2v) is 8.50. The quantitative estimate of drug-likeness (QED) is 0.784. The Hall–Kier alpha value is -1.74. The Balaban J connectivity index is 1.32. The van der Waals surface area contributed by atoms with Crippen molar-refractivity contribution in [2.24, 2.45) is 0 Å². The van der Waals surface area contributed by atoms with Crippen molar-refractivity contribution in [2.75, 3.05) is 49.1 Å². The van der Waals surface area contributed by atoms with Crippen molar-refractivity contribution in [2.45, 2.75) is 51.0 Å². The third kappa shape index (κ3) is 4.24. The monoisotopic (exact) mass is 392 g/mol. The van der Waals surface area contributed by atoms with Gasteiger partial charge in [0, 0.05) is 32.6 Å². The highest BCUT2D eigenvalue weighted by molar-refractivity contribution is 7.19. The van der Waals surface area contributed by atoms with Crippen LogP contribution < -0.4 is 15.1 Å². The third-order valence-electron chi connectivity index (χ3n) is 5.69. The smallest absolute Gasteiger partial charge is 0.242 e. The first-order valence-electron chi connectivity index (χ1n) is 10.1. The molecule has 1 atom stereocenters. The SMILES string of the molecule is O=C(NCCN1CCCCC1)[C@@H]1CCCN1c1nnc(N2CCCC2=O)s1. The molecular weight excluding hydrogens is 364 g/mol. The van der Waals surface area contributed by atoms with Crippen LogP contribution in [0.2, 0.25) is 0 Å². The molecule has 0 radical (unpaired) electrons. The summed E-state index contributed by atoms with van der Waals surface area (Å²) in [5.74, 6) is 0.199. The van der Waals surface area contributed by atoms with Gasteiger partial charge in [-0.15, -0.1) is 10.2 Å². The summed E-state index contributed by atoms with van der Waals surface area (Å²) in [6.07, 6.45) is 7.13. The number of anilines is 2. The number of likely N-dealkylation sites (tertiary alicyclic amines) is 1. The van der Waals surface area contributed by atoms with Gasteiger partial charge in [-0.25, -0.2) is 0 Å². The summed E-state index contributed by atoms with van der Waals surface area (Å²) in [6, 6.07) is -0.179. The van der Waals surface area contributed by atoms with Crippen molar-refractivity contribution in [3.8, 4) is 0 Å². The predicted molar refractivity (Wildman–Crippen MR) is 105 cm³/mol. The first kappa shape index (κ1) is 18.6. The fraction of sp³-hybridized carbons (Fsp3) is 0.778. The van der Waals surface area contributed by atoms with Crippen molar-refractivity contribution in [3.05, 3.63) is 0 Å². The van der Waals surface area contributed by atoms with Gasteiger partial charge < -0.3 is 15.1 Å². The number of aromatic nitrogens is 2. The van der Waals surface area contributed by atoms with Crippen LogP contribution in [-0.4, -0.2) is 72.2 Å². The van der Waals surface area contributed by atoms with Gasteiger partial charge in [0.05, 0.1) is 0 Å². The highest BCUT2D eigenvalue weighted by Gasteiger charge is 2.34. The molecule has 148 valence electrons. The first-order valence-corrected chi connectivity index (χ1v) is 10.9. The number of piperidine rings is 1. The summed E-state index contributed by atoms with van der Waals surface area (Å²) >= 11 is 1.42. The molecule has 4 rings (SSSR count). The molecule has 1 aromatic rings. The lowest BCUT2D eigenvalue weighted by molar-refractivity contribution is -0.122. The average molecular weight is 393 g/mol. The van der Waals surface area contributed by atoms with E-state index in [0.717, 1.165) is 50.6 Å². The number of hydrogen-bond acceptors (Lipinski definition) is 7. The molecule has 4 heterocycles. The molecule has 8 nitrogen and oxygen atoms in total. The van der Waals surface area contributed by atoms with Crippen LogP contribution in [0.5, 0.6) is 0 Å². The van der Waals surface area contributed by atoms with Gasteiger partial charge in [0.25, 0.3) is 0 Å². The lowest BCUT2D eigenvalue weighted by Crippen LogP contribution is -2.46. The number of rotatable bonds is 6. The molecule has 0 aliphatic carbocycles. The molecule has 3 aliphatic heterocycles. The van der Waals surface area contributed by atoms with E-state index in [1.165, 1.54) is 30.6 Å². The van der Waals surface area contributed by atoms with E-state index in [0.29, 0.717) is 24.6 Å². The number of nitrogens with one attached hydrogen (secondary N) is 1. The van der Waals surface area contributed by atoms with E-state index in [4.69, 9.17) is 0 Å². The van der Waals surface area contributed by atoms with Crippen LogP contribution in [-0.2, 0) is 9.59 Å². The predicted octanol–water partition coefficient (Wildman–Crippen LogP) is 1.24. The highest BCUT2D eigenvalue weighted by Crippen LogP contribution is 2.33. The van der Waals surface area contributed by atoms with Crippen molar-refractivity contribution >= 4 is 33.4 Å². The maximum atomic E-state index is 12.7. The summed E-state index contributed by atoms with van der Waals surface area (Å²) in [6.45, 7) is 5.45. The Bertz CT molecular complexity index is 675. The molecule has 27 heavy (non-hydrogen) atoms. The molecule has 0 unspecified atom stereocenters. The van der Waals surface area contributed by atoms with E-state index in [-0.39, 0.29) is 17.9 Å². The van der Waals surface area contributed by atoms with E-state index < -0.39 is 0 Å². The zero-order valence-electron chi connectivity index (χ0n) is 15.7.